The minimum absolute atomic E-state index is 0.0879. The summed E-state index contributed by atoms with van der Waals surface area (Å²) in [5.74, 6) is 0.0879. The minimum atomic E-state index is -0.704. The zero-order chi connectivity index (χ0) is 9.19. The summed E-state index contributed by atoms with van der Waals surface area (Å²) >= 11 is 1.59. The van der Waals surface area contributed by atoms with Gasteiger partial charge in [-0.3, -0.25) is 4.79 Å². The molecule has 1 aromatic heterocycles. The lowest BCUT2D eigenvalue weighted by Gasteiger charge is -2.15. The first-order valence-electron chi connectivity index (χ1n) is 3.85. The Morgan fingerprint density at radius 3 is 2.75 bits per heavy atom. The quantitative estimate of drug-likeness (QED) is 0.773. The van der Waals surface area contributed by atoms with Crippen LogP contribution in [0.3, 0.4) is 0 Å². The first-order valence-corrected chi connectivity index (χ1v) is 4.72. The van der Waals surface area contributed by atoms with Crippen LogP contribution in [0.25, 0.3) is 0 Å². The molecule has 0 aliphatic heterocycles. The van der Waals surface area contributed by atoms with Gasteiger partial charge in [0.1, 0.15) is 0 Å². The first kappa shape index (κ1) is 9.42. The van der Waals surface area contributed by atoms with Gasteiger partial charge < -0.3 is 5.73 Å². The largest absolute Gasteiger partial charge is 0.319 e. The summed E-state index contributed by atoms with van der Waals surface area (Å²) < 4.78 is 0. The van der Waals surface area contributed by atoms with Crippen LogP contribution in [-0.2, 0) is 11.2 Å². The smallest absolute Gasteiger partial charge is 0.157 e. The highest BCUT2D eigenvalue weighted by Gasteiger charge is 2.21. The van der Waals surface area contributed by atoms with Gasteiger partial charge in [-0.15, -0.1) is 11.3 Å². The molecule has 0 aromatic carbocycles. The third kappa shape index (κ3) is 2.43. The van der Waals surface area contributed by atoms with Crippen molar-refractivity contribution < 1.29 is 4.79 Å². The number of carbonyl (C=O) groups is 1. The Labute approximate surface area is 76.4 Å². The van der Waals surface area contributed by atoms with Crippen LogP contribution in [0.1, 0.15) is 18.7 Å². The second-order valence-corrected chi connectivity index (χ2v) is 4.43. The molecule has 0 unspecified atom stereocenters. The highest BCUT2D eigenvalue weighted by molar-refractivity contribution is 7.10. The maximum atomic E-state index is 11.4. The van der Waals surface area contributed by atoms with Crippen molar-refractivity contribution in [1.82, 2.24) is 0 Å². The summed E-state index contributed by atoms with van der Waals surface area (Å²) in [5.41, 5.74) is 4.95. The van der Waals surface area contributed by atoms with Crippen LogP contribution < -0.4 is 5.73 Å². The van der Waals surface area contributed by atoms with Crippen LogP contribution in [-0.4, -0.2) is 11.3 Å². The molecular weight excluding hydrogens is 170 g/mol. The summed E-state index contributed by atoms with van der Waals surface area (Å²) in [6.45, 7) is 3.48. The molecule has 1 heterocycles. The monoisotopic (exact) mass is 183 g/mol. The molecule has 1 rings (SSSR count). The van der Waals surface area contributed by atoms with E-state index in [9.17, 15) is 4.79 Å². The van der Waals surface area contributed by atoms with Crippen LogP contribution in [0, 0.1) is 0 Å². The Hall–Kier alpha value is -0.670. The second kappa shape index (κ2) is 3.37. The third-order valence-corrected chi connectivity index (χ3v) is 2.51. The molecule has 2 N–H and O–H groups in total. The Balaban J connectivity index is 2.60. The van der Waals surface area contributed by atoms with E-state index in [1.807, 2.05) is 17.5 Å². The molecule has 0 fully saturated rings. The standard InChI is InChI=1S/C9H13NOS/c1-9(2,10)8(11)6-7-4-3-5-12-7/h3-5H,6,10H2,1-2H3. The number of Topliss-reactive ketones (excluding diaryl/α,β-unsaturated/α-hetero) is 1. The molecule has 2 nitrogen and oxygen atoms in total. The van der Waals surface area contributed by atoms with E-state index in [1.165, 1.54) is 0 Å². The molecule has 0 bridgehead atoms. The van der Waals surface area contributed by atoms with Crippen LogP contribution >= 0.6 is 11.3 Å². The lowest BCUT2D eigenvalue weighted by molar-refractivity contribution is -0.122. The second-order valence-electron chi connectivity index (χ2n) is 3.40. The van der Waals surface area contributed by atoms with Gasteiger partial charge in [0.25, 0.3) is 0 Å². The number of hydrogen-bond donors (Lipinski definition) is 1. The van der Waals surface area contributed by atoms with Crippen molar-refractivity contribution in [3.63, 3.8) is 0 Å². The zero-order valence-corrected chi connectivity index (χ0v) is 8.15. The molecule has 12 heavy (non-hydrogen) atoms. The Morgan fingerprint density at radius 1 is 1.67 bits per heavy atom. The maximum absolute atomic E-state index is 11.4. The fourth-order valence-corrected chi connectivity index (χ4v) is 1.50. The van der Waals surface area contributed by atoms with Crippen LogP contribution in [0.15, 0.2) is 17.5 Å². The van der Waals surface area contributed by atoms with Crippen molar-refractivity contribution in [2.24, 2.45) is 5.73 Å². The molecule has 0 amide bonds. The van der Waals surface area contributed by atoms with Crippen molar-refractivity contribution >= 4 is 17.1 Å². The highest BCUT2D eigenvalue weighted by atomic mass is 32.1. The fraction of sp³-hybridized carbons (Fsp3) is 0.444. The molecule has 3 heteroatoms. The van der Waals surface area contributed by atoms with E-state index >= 15 is 0 Å². The predicted molar refractivity (Wildman–Crippen MR) is 51.3 cm³/mol. The average Bonchev–Trinajstić information content (AvgIpc) is 2.37. The van der Waals surface area contributed by atoms with E-state index in [-0.39, 0.29) is 5.78 Å². The molecule has 0 aliphatic carbocycles. The molecule has 0 saturated carbocycles. The van der Waals surface area contributed by atoms with Crippen LogP contribution in [0.4, 0.5) is 0 Å². The van der Waals surface area contributed by atoms with Gasteiger partial charge in [-0.1, -0.05) is 6.07 Å². The Bertz CT molecular complexity index is 259. The lowest BCUT2D eigenvalue weighted by Crippen LogP contribution is -2.42. The fourth-order valence-electron chi connectivity index (χ4n) is 0.799. The van der Waals surface area contributed by atoms with Gasteiger partial charge in [0, 0.05) is 11.3 Å². The van der Waals surface area contributed by atoms with Crippen LogP contribution in [0.2, 0.25) is 0 Å². The molecule has 0 aliphatic rings. The SMILES string of the molecule is CC(C)(N)C(=O)Cc1cccs1. The number of rotatable bonds is 3. The molecule has 0 radical (unpaired) electrons. The van der Waals surface area contributed by atoms with Crippen molar-refractivity contribution in [3.05, 3.63) is 22.4 Å². The van der Waals surface area contributed by atoms with E-state index in [0.29, 0.717) is 6.42 Å². The summed E-state index contributed by atoms with van der Waals surface area (Å²) in [6, 6.07) is 3.89. The van der Waals surface area contributed by atoms with E-state index in [0.717, 1.165) is 4.88 Å². The first-order chi connectivity index (χ1) is 5.50. The molecular formula is C9H13NOS. The molecule has 1 aromatic rings. The molecule has 0 spiro atoms. The maximum Gasteiger partial charge on any atom is 0.157 e. The van der Waals surface area contributed by atoms with Gasteiger partial charge in [0.2, 0.25) is 0 Å². The Kier molecular flexibility index (Phi) is 2.65. The molecule has 66 valence electrons. The summed E-state index contributed by atoms with van der Waals surface area (Å²) in [7, 11) is 0. The van der Waals surface area contributed by atoms with Crippen molar-refractivity contribution in [1.29, 1.82) is 0 Å². The van der Waals surface area contributed by atoms with Gasteiger partial charge in [-0.25, -0.2) is 0 Å². The minimum Gasteiger partial charge on any atom is -0.319 e. The van der Waals surface area contributed by atoms with Crippen molar-refractivity contribution in [2.45, 2.75) is 25.8 Å². The number of ketones is 1. The van der Waals surface area contributed by atoms with Gasteiger partial charge >= 0.3 is 0 Å². The summed E-state index contributed by atoms with van der Waals surface area (Å²) in [5, 5.41) is 1.96. The molecule has 0 saturated heterocycles. The average molecular weight is 183 g/mol. The van der Waals surface area contributed by atoms with Gasteiger partial charge in [0.15, 0.2) is 5.78 Å². The molecule has 0 atom stereocenters. The summed E-state index contributed by atoms with van der Waals surface area (Å²) in [4.78, 5) is 12.5. The van der Waals surface area contributed by atoms with E-state index in [4.69, 9.17) is 5.73 Å². The lowest BCUT2D eigenvalue weighted by atomic mass is 9.98. The zero-order valence-electron chi connectivity index (χ0n) is 7.33. The Morgan fingerprint density at radius 2 is 2.33 bits per heavy atom. The van der Waals surface area contributed by atoms with Crippen LogP contribution in [0.5, 0.6) is 0 Å². The normalized spacial score (nSPS) is 11.6. The number of thiophene rings is 1. The van der Waals surface area contributed by atoms with Gasteiger partial charge in [0.05, 0.1) is 5.54 Å². The predicted octanol–water partition coefficient (Wildman–Crippen LogP) is 1.60. The topological polar surface area (TPSA) is 43.1 Å². The summed E-state index contributed by atoms with van der Waals surface area (Å²) in [6.07, 6.45) is 0.459. The van der Waals surface area contributed by atoms with Crippen molar-refractivity contribution in [3.8, 4) is 0 Å². The van der Waals surface area contributed by atoms with E-state index < -0.39 is 5.54 Å². The highest BCUT2D eigenvalue weighted by Crippen LogP contribution is 2.12. The van der Waals surface area contributed by atoms with Gasteiger partial charge in [-0.05, 0) is 25.3 Å². The number of nitrogens with two attached hydrogens (primary N) is 1. The third-order valence-electron chi connectivity index (χ3n) is 1.63. The van der Waals surface area contributed by atoms with E-state index in [2.05, 4.69) is 0 Å². The number of carbonyl (C=O) groups excluding carboxylic acids is 1. The van der Waals surface area contributed by atoms with Crippen molar-refractivity contribution in [2.75, 3.05) is 0 Å². The van der Waals surface area contributed by atoms with E-state index in [1.54, 1.807) is 25.2 Å². The number of hydrogen-bond acceptors (Lipinski definition) is 3. The van der Waals surface area contributed by atoms with Gasteiger partial charge in [-0.2, -0.15) is 0 Å².